The van der Waals surface area contributed by atoms with E-state index in [0.29, 0.717) is 0 Å². The van der Waals surface area contributed by atoms with Crippen LogP contribution in [0.1, 0.15) is 22.3 Å². The maximum absolute atomic E-state index is 2.40. The van der Waals surface area contributed by atoms with Gasteiger partial charge in [0, 0.05) is 34.1 Å². The lowest BCUT2D eigenvalue weighted by Crippen LogP contribution is -2.10. The Balaban J connectivity index is 1.17. The topological polar surface area (TPSA) is 6.48 Å². The van der Waals surface area contributed by atoms with Gasteiger partial charge < -0.3 is 9.80 Å². The van der Waals surface area contributed by atoms with E-state index in [1.165, 1.54) is 88.3 Å². The Labute approximate surface area is 364 Å². The van der Waals surface area contributed by atoms with Gasteiger partial charge in [-0.2, -0.15) is 0 Å². The third-order valence-corrected chi connectivity index (χ3v) is 12.6. The second-order valence-electron chi connectivity index (χ2n) is 16.9. The zero-order valence-electron chi connectivity index (χ0n) is 35.5. The molecular formula is C60H46N2. The molecule has 11 rings (SSSR count). The Hall–Kier alpha value is -7.68. The molecule has 2 nitrogen and oxygen atoms in total. The van der Waals surface area contributed by atoms with Crippen molar-refractivity contribution in [2.24, 2.45) is 0 Å². The second kappa shape index (κ2) is 15.1. The summed E-state index contributed by atoms with van der Waals surface area (Å²) in [6.07, 6.45) is 0. The van der Waals surface area contributed by atoms with Crippen LogP contribution < -0.4 is 9.80 Å². The molecule has 0 radical (unpaired) electrons. The second-order valence-corrected chi connectivity index (χ2v) is 16.9. The number of benzene rings is 10. The van der Waals surface area contributed by atoms with E-state index in [1.807, 2.05) is 0 Å². The van der Waals surface area contributed by atoms with E-state index in [4.69, 9.17) is 0 Å². The molecular weight excluding hydrogens is 749 g/mol. The van der Waals surface area contributed by atoms with Gasteiger partial charge in [0.25, 0.3) is 0 Å². The number of nitrogens with zero attached hydrogens (tertiary/aromatic N) is 2. The van der Waals surface area contributed by atoms with Crippen LogP contribution in [0.5, 0.6) is 0 Å². The third kappa shape index (κ3) is 6.35. The van der Waals surface area contributed by atoms with Crippen molar-refractivity contribution in [3.8, 4) is 44.5 Å². The highest BCUT2D eigenvalue weighted by molar-refractivity contribution is 6.27. The first-order valence-electron chi connectivity index (χ1n) is 21.6. The molecule has 62 heavy (non-hydrogen) atoms. The van der Waals surface area contributed by atoms with Crippen LogP contribution in [0, 0.1) is 27.7 Å². The highest BCUT2D eigenvalue weighted by Gasteiger charge is 2.31. The molecule has 1 aliphatic rings. The van der Waals surface area contributed by atoms with Crippen molar-refractivity contribution in [2.45, 2.75) is 27.7 Å². The Morgan fingerprint density at radius 2 is 0.613 bits per heavy atom. The monoisotopic (exact) mass is 794 g/mol. The first-order chi connectivity index (χ1) is 30.4. The van der Waals surface area contributed by atoms with Gasteiger partial charge in [0.15, 0.2) is 0 Å². The summed E-state index contributed by atoms with van der Waals surface area (Å²) in [4.78, 5) is 4.77. The van der Waals surface area contributed by atoms with Gasteiger partial charge in [-0.05, 0) is 167 Å². The summed E-state index contributed by atoms with van der Waals surface area (Å²) in [7, 11) is 0. The lowest BCUT2D eigenvalue weighted by atomic mass is 9.82. The van der Waals surface area contributed by atoms with Gasteiger partial charge in [-0.25, -0.2) is 0 Å². The van der Waals surface area contributed by atoms with Gasteiger partial charge in [-0.15, -0.1) is 0 Å². The number of hydrogen-bond acceptors (Lipinski definition) is 2. The molecule has 0 unspecified atom stereocenters. The summed E-state index contributed by atoms with van der Waals surface area (Å²) in [6, 6.07) is 76.5. The van der Waals surface area contributed by atoms with Crippen LogP contribution in [0.15, 0.2) is 206 Å². The van der Waals surface area contributed by atoms with Crippen molar-refractivity contribution in [2.75, 3.05) is 9.80 Å². The van der Waals surface area contributed by atoms with Crippen LogP contribution in [0.25, 0.3) is 66.1 Å². The number of anilines is 6. The fraction of sp³-hybridized carbons (Fsp3) is 0.0667. The Morgan fingerprint density at radius 3 is 0.968 bits per heavy atom. The zero-order chi connectivity index (χ0) is 41.9. The summed E-state index contributed by atoms with van der Waals surface area (Å²) < 4.78 is 0. The molecule has 0 fully saturated rings. The zero-order valence-corrected chi connectivity index (χ0v) is 35.5. The molecule has 0 N–H and O–H groups in total. The number of rotatable bonds is 8. The standard InChI is InChI=1S/C60H46N2/c1-39-21-29-46(30-22-39)61(47-31-23-40(2)24-32-47)50-15-7-13-44(37-50)57-52-17-5-6-18-53(52)58(60-55-20-10-12-43-11-9-19-54(56(43)55)59(57)60)45-14-8-16-51(38-45)62(48-33-25-41(3)26-34-48)49-35-27-42(4)28-36-49/h5-38H,1-4H3. The van der Waals surface area contributed by atoms with Gasteiger partial charge in [-0.3, -0.25) is 0 Å². The predicted octanol–water partition coefficient (Wildman–Crippen LogP) is 17.1. The molecule has 2 heteroatoms. The molecule has 1 aliphatic carbocycles. The molecule has 10 aromatic rings. The highest BCUT2D eigenvalue weighted by atomic mass is 15.1. The normalized spacial score (nSPS) is 11.5. The summed E-state index contributed by atoms with van der Waals surface area (Å²) in [5.41, 5.74) is 21.8. The fourth-order valence-corrected chi connectivity index (χ4v) is 9.61. The molecule has 0 aliphatic heterocycles. The molecule has 296 valence electrons. The van der Waals surface area contributed by atoms with E-state index in [-0.39, 0.29) is 0 Å². The number of hydrogen-bond donors (Lipinski definition) is 0. The van der Waals surface area contributed by atoms with Crippen LogP contribution in [0.3, 0.4) is 0 Å². The molecule has 0 aromatic heterocycles. The van der Waals surface area contributed by atoms with Gasteiger partial charge in [0.2, 0.25) is 0 Å². The predicted molar refractivity (Wildman–Crippen MR) is 265 cm³/mol. The molecule has 0 spiro atoms. The van der Waals surface area contributed by atoms with E-state index >= 15 is 0 Å². The molecule has 0 heterocycles. The van der Waals surface area contributed by atoms with E-state index in [1.54, 1.807) is 0 Å². The van der Waals surface area contributed by atoms with Crippen molar-refractivity contribution in [1.29, 1.82) is 0 Å². The van der Waals surface area contributed by atoms with Gasteiger partial charge in [-0.1, -0.05) is 156 Å². The maximum atomic E-state index is 2.40. The fourth-order valence-electron chi connectivity index (χ4n) is 9.61. The minimum atomic E-state index is 1.12. The molecule has 0 bridgehead atoms. The van der Waals surface area contributed by atoms with Crippen LogP contribution in [-0.2, 0) is 0 Å². The molecule has 0 amide bonds. The molecule has 10 aromatic carbocycles. The highest BCUT2D eigenvalue weighted by Crippen LogP contribution is 2.58. The van der Waals surface area contributed by atoms with Gasteiger partial charge in [0.1, 0.15) is 0 Å². The SMILES string of the molecule is Cc1ccc(N(c2ccc(C)cc2)c2cccc(-c3c4c(c(-c5cccc(N(c6ccc(C)cc6)c6ccc(C)cc6)c5)c5ccccc35)-c3cccc5cccc-4c35)c2)cc1. The molecule has 0 saturated carbocycles. The first-order valence-corrected chi connectivity index (χ1v) is 21.6. The van der Waals surface area contributed by atoms with Crippen molar-refractivity contribution >= 4 is 55.7 Å². The third-order valence-electron chi connectivity index (χ3n) is 12.6. The lowest BCUT2D eigenvalue weighted by Gasteiger charge is -2.27. The van der Waals surface area contributed by atoms with Gasteiger partial charge >= 0.3 is 0 Å². The summed E-state index contributed by atoms with van der Waals surface area (Å²) >= 11 is 0. The van der Waals surface area contributed by atoms with Crippen LogP contribution >= 0.6 is 0 Å². The van der Waals surface area contributed by atoms with E-state index < -0.39 is 0 Å². The summed E-state index contributed by atoms with van der Waals surface area (Å²) in [5.74, 6) is 0. The van der Waals surface area contributed by atoms with Crippen molar-refractivity contribution in [3.05, 3.63) is 229 Å². The van der Waals surface area contributed by atoms with E-state index in [9.17, 15) is 0 Å². The van der Waals surface area contributed by atoms with Crippen LogP contribution in [0.2, 0.25) is 0 Å². The van der Waals surface area contributed by atoms with E-state index in [2.05, 4.69) is 244 Å². The molecule has 0 atom stereocenters. The summed E-state index contributed by atoms with van der Waals surface area (Å²) in [5, 5.41) is 5.05. The van der Waals surface area contributed by atoms with Crippen molar-refractivity contribution < 1.29 is 0 Å². The Morgan fingerprint density at radius 1 is 0.274 bits per heavy atom. The Kier molecular flexibility index (Phi) is 9.09. The minimum absolute atomic E-state index is 1.12. The minimum Gasteiger partial charge on any atom is -0.310 e. The van der Waals surface area contributed by atoms with Gasteiger partial charge in [0.05, 0.1) is 0 Å². The Bertz CT molecular complexity index is 2990. The average Bonchev–Trinajstić information content (AvgIpc) is 3.63. The maximum Gasteiger partial charge on any atom is 0.0467 e. The number of fused-ring (bicyclic) bond motifs is 4. The van der Waals surface area contributed by atoms with Crippen molar-refractivity contribution in [3.63, 3.8) is 0 Å². The van der Waals surface area contributed by atoms with Crippen molar-refractivity contribution in [1.82, 2.24) is 0 Å². The summed E-state index contributed by atoms with van der Waals surface area (Å²) in [6.45, 7) is 8.59. The van der Waals surface area contributed by atoms with E-state index in [0.717, 1.165) is 34.1 Å². The smallest absolute Gasteiger partial charge is 0.0467 e. The quantitative estimate of drug-likeness (QED) is 0.151. The van der Waals surface area contributed by atoms with Crippen LogP contribution in [-0.4, -0.2) is 0 Å². The largest absolute Gasteiger partial charge is 0.310 e. The average molecular weight is 795 g/mol. The lowest BCUT2D eigenvalue weighted by molar-refractivity contribution is 1.27. The van der Waals surface area contributed by atoms with Crippen LogP contribution in [0.4, 0.5) is 34.1 Å². The number of aryl methyl sites for hydroxylation is 4. The molecule has 0 saturated heterocycles. The first kappa shape index (κ1) is 37.3.